The van der Waals surface area contributed by atoms with E-state index in [-0.39, 0.29) is 18.4 Å². The first-order chi connectivity index (χ1) is 7.79. The van der Waals surface area contributed by atoms with E-state index >= 15 is 0 Å². The number of carbonyl (C=O) groups excluding carboxylic acids is 1. The summed E-state index contributed by atoms with van der Waals surface area (Å²) in [6.45, 7) is 1.72. The van der Waals surface area contributed by atoms with E-state index < -0.39 is 0 Å². The molecule has 1 atom stereocenters. The minimum Gasteiger partial charge on any atom is -0.396 e. The Morgan fingerprint density at radius 3 is 3.19 bits per heavy atom. The van der Waals surface area contributed by atoms with Gasteiger partial charge in [-0.05, 0) is 17.9 Å². The molecule has 2 rings (SSSR count). The van der Waals surface area contributed by atoms with Crippen molar-refractivity contribution in [3.8, 4) is 0 Å². The molecule has 2 heterocycles. The predicted molar refractivity (Wildman–Crippen MR) is 66.8 cm³/mol. The van der Waals surface area contributed by atoms with Gasteiger partial charge in [0.2, 0.25) is 5.91 Å². The zero-order valence-electron chi connectivity index (χ0n) is 8.96. The second kappa shape index (κ2) is 5.70. The van der Waals surface area contributed by atoms with Crippen LogP contribution in [0.15, 0.2) is 21.7 Å². The molecular weight excluding hydrogens is 242 g/mol. The van der Waals surface area contributed by atoms with Crippen LogP contribution in [-0.4, -0.2) is 41.4 Å². The number of aliphatic hydroxyl groups is 1. The van der Waals surface area contributed by atoms with Crippen molar-refractivity contribution in [1.29, 1.82) is 0 Å². The fraction of sp³-hybridized carbons (Fsp3) is 0.545. The molecule has 0 aliphatic carbocycles. The van der Waals surface area contributed by atoms with E-state index in [0.29, 0.717) is 5.75 Å². The average Bonchev–Trinajstić information content (AvgIpc) is 2.96. The van der Waals surface area contributed by atoms with E-state index in [0.717, 1.165) is 19.5 Å². The molecule has 1 aromatic heterocycles. The Labute approximate surface area is 103 Å². The molecule has 5 heteroatoms. The summed E-state index contributed by atoms with van der Waals surface area (Å²) in [6, 6.07) is 4.03. The number of thioether (sulfide) groups is 1. The quantitative estimate of drug-likeness (QED) is 0.834. The zero-order valence-corrected chi connectivity index (χ0v) is 10.6. The van der Waals surface area contributed by atoms with Gasteiger partial charge >= 0.3 is 0 Å². The molecule has 3 nitrogen and oxygen atoms in total. The first kappa shape index (κ1) is 12.0. The van der Waals surface area contributed by atoms with E-state index in [9.17, 15) is 4.79 Å². The molecule has 1 amide bonds. The molecule has 88 valence electrons. The Morgan fingerprint density at radius 2 is 2.56 bits per heavy atom. The van der Waals surface area contributed by atoms with Gasteiger partial charge in [0.05, 0.1) is 9.96 Å². The highest BCUT2D eigenvalue weighted by Crippen LogP contribution is 2.24. The monoisotopic (exact) mass is 257 g/mol. The summed E-state index contributed by atoms with van der Waals surface area (Å²) in [7, 11) is 0. The van der Waals surface area contributed by atoms with Crippen molar-refractivity contribution in [1.82, 2.24) is 4.90 Å². The summed E-state index contributed by atoms with van der Waals surface area (Å²) in [5, 5.41) is 11.0. The number of likely N-dealkylation sites (tertiary alicyclic amines) is 1. The minimum absolute atomic E-state index is 0.189. The third-order valence-electron chi connectivity index (χ3n) is 2.73. The van der Waals surface area contributed by atoms with Crippen molar-refractivity contribution in [2.24, 2.45) is 5.92 Å². The molecule has 1 fully saturated rings. The van der Waals surface area contributed by atoms with Crippen molar-refractivity contribution in [2.45, 2.75) is 10.6 Å². The van der Waals surface area contributed by atoms with Crippen LogP contribution < -0.4 is 0 Å². The van der Waals surface area contributed by atoms with Crippen LogP contribution in [0.2, 0.25) is 0 Å². The standard InChI is InChI=1S/C11H15NO2S2/c13-7-9-3-4-12(6-9)10(14)8-16-11-2-1-5-15-11/h1-2,5,9,13H,3-4,6-8H2. The lowest BCUT2D eigenvalue weighted by atomic mass is 10.1. The fourth-order valence-corrected chi connectivity index (χ4v) is 3.47. The number of aliphatic hydroxyl groups excluding tert-OH is 1. The average molecular weight is 257 g/mol. The van der Waals surface area contributed by atoms with Gasteiger partial charge in [-0.15, -0.1) is 23.1 Å². The Balaban J connectivity index is 1.76. The molecule has 1 aromatic rings. The normalized spacial score (nSPS) is 20.3. The van der Waals surface area contributed by atoms with E-state index in [1.807, 2.05) is 22.4 Å². The molecule has 0 radical (unpaired) electrons. The second-order valence-corrected chi connectivity index (χ2v) is 6.12. The van der Waals surface area contributed by atoms with Gasteiger partial charge in [0, 0.05) is 25.6 Å². The summed E-state index contributed by atoms with van der Waals surface area (Å²) in [5.74, 6) is 0.989. The van der Waals surface area contributed by atoms with Crippen LogP contribution in [0.25, 0.3) is 0 Å². The molecular formula is C11H15NO2S2. The van der Waals surface area contributed by atoms with Gasteiger partial charge in [0.15, 0.2) is 0 Å². The van der Waals surface area contributed by atoms with Gasteiger partial charge < -0.3 is 10.0 Å². The van der Waals surface area contributed by atoms with Gasteiger partial charge in [-0.3, -0.25) is 4.79 Å². The van der Waals surface area contributed by atoms with Crippen LogP contribution >= 0.6 is 23.1 Å². The molecule has 0 aromatic carbocycles. The highest BCUT2D eigenvalue weighted by molar-refractivity contribution is 8.01. The van der Waals surface area contributed by atoms with E-state index in [2.05, 4.69) is 0 Å². The van der Waals surface area contributed by atoms with Crippen LogP contribution in [0.5, 0.6) is 0 Å². The minimum atomic E-state index is 0.189. The molecule has 0 bridgehead atoms. The molecule has 16 heavy (non-hydrogen) atoms. The number of hydrogen-bond acceptors (Lipinski definition) is 4. The lowest BCUT2D eigenvalue weighted by Gasteiger charge is -2.15. The summed E-state index contributed by atoms with van der Waals surface area (Å²) >= 11 is 3.26. The van der Waals surface area contributed by atoms with Crippen molar-refractivity contribution in [3.05, 3.63) is 17.5 Å². The smallest absolute Gasteiger partial charge is 0.232 e. The van der Waals surface area contributed by atoms with Crippen molar-refractivity contribution in [3.63, 3.8) is 0 Å². The van der Waals surface area contributed by atoms with Crippen LogP contribution in [0.1, 0.15) is 6.42 Å². The van der Waals surface area contributed by atoms with E-state index in [1.54, 1.807) is 23.1 Å². The number of carbonyl (C=O) groups is 1. The van der Waals surface area contributed by atoms with Crippen molar-refractivity contribution in [2.75, 3.05) is 25.4 Å². The molecule has 0 saturated carbocycles. The first-order valence-corrected chi connectivity index (χ1v) is 7.21. The lowest BCUT2D eigenvalue weighted by Crippen LogP contribution is -2.30. The van der Waals surface area contributed by atoms with Crippen molar-refractivity contribution >= 4 is 29.0 Å². The van der Waals surface area contributed by atoms with Crippen LogP contribution in [-0.2, 0) is 4.79 Å². The summed E-state index contributed by atoms with van der Waals surface area (Å²) in [4.78, 5) is 13.7. The van der Waals surface area contributed by atoms with Gasteiger partial charge in [0.25, 0.3) is 0 Å². The third-order valence-corrected chi connectivity index (χ3v) is 4.85. The molecule has 1 saturated heterocycles. The number of hydrogen-bond donors (Lipinski definition) is 1. The molecule has 1 N–H and O–H groups in total. The van der Waals surface area contributed by atoms with Crippen LogP contribution in [0.3, 0.4) is 0 Å². The SMILES string of the molecule is O=C(CSc1cccs1)N1CCC(CO)C1. The summed E-state index contributed by atoms with van der Waals surface area (Å²) < 4.78 is 1.19. The maximum absolute atomic E-state index is 11.8. The molecule has 1 aliphatic heterocycles. The van der Waals surface area contributed by atoms with E-state index in [1.165, 1.54) is 4.21 Å². The third kappa shape index (κ3) is 2.99. The predicted octanol–water partition coefficient (Wildman–Crippen LogP) is 1.68. The number of thiophene rings is 1. The Hall–Kier alpha value is -0.520. The summed E-state index contributed by atoms with van der Waals surface area (Å²) in [5.41, 5.74) is 0. The highest BCUT2D eigenvalue weighted by atomic mass is 32.2. The number of rotatable bonds is 4. The van der Waals surface area contributed by atoms with Gasteiger partial charge in [0.1, 0.15) is 0 Å². The highest BCUT2D eigenvalue weighted by Gasteiger charge is 2.25. The zero-order chi connectivity index (χ0) is 11.4. The summed E-state index contributed by atoms with van der Waals surface area (Å²) in [6.07, 6.45) is 0.936. The first-order valence-electron chi connectivity index (χ1n) is 5.34. The van der Waals surface area contributed by atoms with Gasteiger partial charge in [-0.1, -0.05) is 6.07 Å². The van der Waals surface area contributed by atoms with Crippen molar-refractivity contribution < 1.29 is 9.90 Å². The molecule has 1 unspecified atom stereocenters. The molecule has 1 aliphatic rings. The largest absolute Gasteiger partial charge is 0.396 e. The Bertz CT molecular complexity index is 340. The topological polar surface area (TPSA) is 40.5 Å². The maximum atomic E-state index is 11.8. The van der Waals surface area contributed by atoms with Gasteiger partial charge in [-0.25, -0.2) is 0 Å². The lowest BCUT2D eigenvalue weighted by molar-refractivity contribution is -0.127. The Kier molecular flexibility index (Phi) is 4.26. The Morgan fingerprint density at radius 1 is 1.69 bits per heavy atom. The maximum Gasteiger partial charge on any atom is 0.232 e. The number of nitrogens with zero attached hydrogens (tertiary/aromatic N) is 1. The second-order valence-electron chi connectivity index (χ2n) is 3.90. The van der Waals surface area contributed by atoms with Gasteiger partial charge in [-0.2, -0.15) is 0 Å². The van der Waals surface area contributed by atoms with E-state index in [4.69, 9.17) is 5.11 Å². The fourth-order valence-electron chi connectivity index (χ4n) is 1.78. The van der Waals surface area contributed by atoms with Crippen LogP contribution in [0, 0.1) is 5.92 Å². The number of amides is 1. The van der Waals surface area contributed by atoms with Crippen LogP contribution in [0.4, 0.5) is 0 Å². The molecule has 0 spiro atoms.